The maximum Gasteiger partial charge on any atom is 0.330 e. The van der Waals surface area contributed by atoms with Gasteiger partial charge in [-0.2, -0.15) is 0 Å². The standard InChI is InChI=1S/C80H98ClN11O20/c1-8-11-43(9-2)12-10-27-86-79(83)87-49-21-15-45(16-22-49)38-92-74-42(4)107-65(35-80(74,92)5)111-73-71(102)70(101)61(40-94)110-78(73)112-72-59-30-48(56(39-93)89-75(103)55(34-62(82)97)88-76(104)68(91-64(99)37-85-7)69(100)47-19-23-51(108-59)24-20-47)31-60(72)109-58-25-17-44(29-54(58)81)18-26-63(98)90-67(77(105)106)53-32-50(95)33-57(96)66(53)52-28-46(36-84-6)14-13-41(52)3/h8,13-17,19-25,28-33,39,42-43,55-56,61,65,67-71,73-74,78,84-85,94-96,100-102H,1,9-12,18,26-27,34-38,40H2,2-7H3,(H2,82,97)(H,88,104)(H,89,103)(H,90,98)(H,91,99)(H,105,106)(H3,83,86,87)/t42-,43?,55-,56-,61+,65-,67-,68+,69+,70?,71?,73?,74?,78-,80?,92?/m0/s1. The number of phenolic OH excluding ortho intramolecular Hbond substituents is 2. The van der Waals surface area contributed by atoms with Crippen molar-refractivity contribution in [2.45, 2.75) is 177 Å². The second-order valence-electron chi connectivity index (χ2n) is 28.6. The van der Waals surface area contributed by atoms with Crippen LogP contribution in [0.15, 0.2) is 127 Å². The van der Waals surface area contributed by atoms with Crippen molar-refractivity contribution in [1.29, 1.82) is 0 Å². The number of aliphatic hydroxyl groups excluding tert-OH is 4. The number of nitrogens with two attached hydrogens (primary N) is 2. The van der Waals surface area contributed by atoms with Crippen molar-refractivity contribution < 1.29 is 97.7 Å². The minimum atomic E-state index is -1.87. The van der Waals surface area contributed by atoms with E-state index < -0.39 is 145 Å². The molecule has 3 fully saturated rings. The molecule has 11 rings (SSSR count). The van der Waals surface area contributed by atoms with Crippen molar-refractivity contribution in [3.05, 3.63) is 166 Å². The van der Waals surface area contributed by atoms with E-state index >= 15 is 0 Å². The van der Waals surface area contributed by atoms with Crippen LogP contribution in [-0.4, -0.2) is 189 Å². The molecule has 0 spiro atoms. The Kier molecular flexibility index (Phi) is 28.4. The molecule has 0 aromatic heterocycles. The monoisotopic (exact) mass is 1570 g/mol. The molecule has 0 radical (unpaired) electrons. The summed E-state index contributed by atoms with van der Waals surface area (Å²) in [7, 11) is 3.22. The van der Waals surface area contributed by atoms with Crippen LogP contribution in [-0.2, 0) is 67.3 Å². The number of carbonyl (C=O) groups excluding carboxylic acids is 6. The molecule has 3 saturated heterocycles. The van der Waals surface area contributed by atoms with E-state index in [0.717, 1.165) is 54.6 Å². The first-order chi connectivity index (χ1) is 53.6. The quantitative estimate of drug-likeness (QED) is 0.00622. The van der Waals surface area contributed by atoms with Gasteiger partial charge in [-0.05, 0) is 166 Å². The molecule has 7 unspecified atom stereocenters. The number of aryl methyl sites for hydroxylation is 2. The van der Waals surface area contributed by atoms with Crippen LogP contribution in [0.3, 0.4) is 0 Å². The lowest BCUT2D eigenvalue weighted by molar-refractivity contribution is -0.324. The van der Waals surface area contributed by atoms with Crippen LogP contribution in [0.1, 0.15) is 123 Å². The van der Waals surface area contributed by atoms with E-state index in [0.29, 0.717) is 54.5 Å². The molecule has 18 N–H and O–H groups in total. The normalized spacial score (nSPS) is 24.8. The number of rotatable bonds is 32. The van der Waals surface area contributed by atoms with Gasteiger partial charge in [0.25, 0.3) is 0 Å². The zero-order chi connectivity index (χ0) is 80.8. The average Bonchev–Trinajstić information content (AvgIpc) is 1.54. The number of anilines is 1. The SMILES string of the molecule is C=CCC(CC)CCCN=C(N)Nc1ccc(CN2C3[C@H](C)O[C@@H](OC4C(O)C(O)[C@@H](CO)O[C@H]4Oc4c5cc(cc4Oc4ccc(CCC(=O)N[C@H](C(=O)O)c6cc(O)cc(O)c6-c6cc(CNC)ccc6C)cc4Cl)[C@H](C=O)NC(=O)[C@H](CC(N)=O)NC(=O)[C@H](NC(=O)CNC)[C@H](O)c4ccc(cc4)O5)CC32C)cc1. The second kappa shape index (κ2) is 37.8. The molecule has 5 amide bonds. The Morgan fingerprint density at radius 2 is 1.61 bits per heavy atom. The van der Waals surface area contributed by atoms with Crippen molar-refractivity contribution in [3.63, 3.8) is 0 Å². The number of phenols is 2. The fourth-order valence-corrected chi connectivity index (χ4v) is 14.8. The van der Waals surface area contributed by atoms with Crippen LogP contribution < -0.4 is 62.9 Å². The summed E-state index contributed by atoms with van der Waals surface area (Å²) in [6.45, 7) is 12.1. The third-order valence-electron chi connectivity index (χ3n) is 20.4. The van der Waals surface area contributed by atoms with Gasteiger partial charge in [0.05, 0.1) is 36.7 Å². The van der Waals surface area contributed by atoms with Gasteiger partial charge in [-0.1, -0.05) is 73.5 Å². The third-order valence-corrected chi connectivity index (χ3v) is 20.7. The third kappa shape index (κ3) is 20.5. The van der Waals surface area contributed by atoms with E-state index in [2.05, 4.69) is 67.5 Å². The summed E-state index contributed by atoms with van der Waals surface area (Å²) in [5.41, 5.74) is 15.4. The summed E-state index contributed by atoms with van der Waals surface area (Å²) < 4.78 is 39.7. The highest BCUT2D eigenvalue weighted by atomic mass is 35.5. The lowest BCUT2D eigenvalue weighted by atomic mass is 9.90. The number of nitrogens with one attached hydrogen (secondary N) is 7. The first-order valence-corrected chi connectivity index (χ1v) is 37.3. The molecule has 4 bridgehead atoms. The van der Waals surface area contributed by atoms with E-state index in [1.807, 2.05) is 43.3 Å². The van der Waals surface area contributed by atoms with Gasteiger partial charge in [-0.25, -0.2) is 4.79 Å². The number of halogens is 1. The van der Waals surface area contributed by atoms with Gasteiger partial charge in [0.15, 0.2) is 35.9 Å². The number of nitrogens with zero attached hydrogens (tertiary/aromatic N) is 2. The number of aldehydes is 1. The van der Waals surface area contributed by atoms with Crippen LogP contribution in [0.4, 0.5) is 5.69 Å². The number of primary amides is 1. The van der Waals surface area contributed by atoms with Crippen LogP contribution >= 0.6 is 11.6 Å². The summed E-state index contributed by atoms with van der Waals surface area (Å²) in [6.07, 6.45) is -6.88. The summed E-state index contributed by atoms with van der Waals surface area (Å²) in [5.74, 6) is -7.61. The summed E-state index contributed by atoms with van der Waals surface area (Å²) in [4.78, 5) is 102. The Morgan fingerprint density at radius 1 is 0.875 bits per heavy atom. The molecule has 16 atom stereocenters. The van der Waals surface area contributed by atoms with E-state index in [1.54, 1.807) is 26.1 Å². The number of guanidine groups is 1. The number of hydrogen-bond acceptors (Lipinski definition) is 23. The first kappa shape index (κ1) is 84.2. The first-order valence-electron chi connectivity index (χ1n) is 36.9. The number of amides is 5. The molecule has 31 nitrogen and oxygen atoms in total. The minimum absolute atomic E-state index is 0.0214. The summed E-state index contributed by atoms with van der Waals surface area (Å²) in [5, 5.41) is 97.6. The molecule has 6 aromatic rings. The van der Waals surface area contributed by atoms with Crippen molar-refractivity contribution >= 4 is 65.0 Å². The van der Waals surface area contributed by atoms with Crippen LogP contribution in [0.5, 0.6) is 40.2 Å². The smallest absolute Gasteiger partial charge is 0.330 e. The largest absolute Gasteiger partial charge is 0.508 e. The highest BCUT2D eigenvalue weighted by Gasteiger charge is 2.66. The number of allylic oxidation sites excluding steroid dienone is 1. The number of aliphatic hydroxyl groups is 4. The number of fused-ring (bicyclic) bond motifs is 10. The predicted octanol–water partition coefficient (Wildman–Crippen LogP) is 5.46. The number of carboxylic acid groups (broad SMARTS) is 1. The number of ether oxygens (including phenoxy) is 6. The molecular weight excluding hydrogens is 1470 g/mol. The molecule has 6 aromatic carbocycles. The number of likely N-dealkylation sites (N-methyl/N-ethyl adjacent to an activating group) is 1. The Morgan fingerprint density at radius 3 is 2.28 bits per heavy atom. The number of carboxylic acids is 1. The lowest BCUT2D eigenvalue weighted by Crippen LogP contribution is -2.62. The number of aliphatic imine (C=N–C) groups is 1. The number of aromatic hydroxyl groups is 2. The summed E-state index contributed by atoms with van der Waals surface area (Å²) >= 11 is 7.10. The Hall–Kier alpha value is -10.3. The Bertz CT molecular complexity index is 4420. The molecule has 0 aliphatic carbocycles. The molecule has 32 heteroatoms. The number of carbonyl (C=O) groups is 7. The molecule has 5 aliphatic rings. The van der Waals surface area contributed by atoms with Gasteiger partial charge in [-0.15, -0.1) is 6.58 Å². The number of benzene rings is 6. The molecule has 0 saturated carbocycles. The van der Waals surface area contributed by atoms with Gasteiger partial charge in [0.2, 0.25) is 41.6 Å². The highest BCUT2D eigenvalue weighted by Crippen LogP contribution is 2.53. The molecular formula is C80H98ClN11O20. The topological polar surface area (TPSA) is 468 Å². The lowest BCUT2D eigenvalue weighted by Gasteiger charge is -2.43. The highest BCUT2D eigenvalue weighted by molar-refractivity contribution is 6.32. The van der Waals surface area contributed by atoms with E-state index in [-0.39, 0.29) is 82.1 Å². The maximum absolute atomic E-state index is 14.5. The predicted molar refractivity (Wildman–Crippen MR) is 412 cm³/mol. The van der Waals surface area contributed by atoms with E-state index in [9.17, 15) is 69.3 Å². The molecule has 112 heavy (non-hydrogen) atoms. The van der Waals surface area contributed by atoms with Crippen LogP contribution in [0, 0.1) is 12.8 Å². The number of hydrogen-bond donors (Lipinski definition) is 16. The van der Waals surface area contributed by atoms with Gasteiger partial charge < -0.3 is 118 Å². The molecule has 5 aliphatic heterocycles. The van der Waals surface area contributed by atoms with Gasteiger partial charge >= 0.3 is 5.97 Å². The summed E-state index contributed by atoms with van der Waals surface area (Å²) in [6, 6.07) is 20.6. The Labute approximate surface area is 652 Å². The van der Waals surface area contributed by atoms with Gasteiger partial charge in [-0.3, -0.25) is 33.9 Å². The van der Waals surface area contributed by atoms with Gasteiger partial charge in [0.1, 0.15) is 71.8 Å². The Balaban J connectivity index is 0.970. The van der Waals surface area contributed by atoms with Crippen molar-refractivity contribution in [2.75, 3.05) is 39.1 Å². The van der Waals surface area contributed by atoms with Crippen LogP contribution in [0.2, 0.25) is 5.02 Å². The minimum Gasteiger partial charge on any atom is -0.508 e. The van der Waals surface area contributed by atoms with E-state index in [4.69, 9.17) is 51.5 Å². The van der Waals surface area contributed by atoms with Crippen molar-refractivity contribution in [2.24, 2.45) is 22.4 Å². The fourth-order valence-electron chi connectivity index (χ4n) is 14.5. The molecule has 5 heterocycles. The second-order valence-corrected chi connectivity index (χ2v) is 29.0. The maximum atomic E-state index is 14.5. The zero-order valence-electron chi connectivity index (χ0n) is 62.9. The van der Waals surface area contributed by atoms with Crippen molar-refractivity contribution in [1.82, 2.24) is 36.8 Å². The van der Waals surface area contributed by atoms with Crippen molar-refractivity contribution in [3.8, 4) is 51.4 Å². The van der Waals surface area contributed by atoms with E-state index in [1.165, 1.54) is 61.6 Å². The fraction of sp³-hybridized carbons (Fsp3) is 0.425. The number of aliphatic carboxylic acids is 1. The molecule has 600 valence electrons. The average molecular weight is 1570 g/mol. The zero-order valence-corrected chi connectivity index (χ0v) is 63.7. The van der Waals surface area contributed by atoms with Gasteiger partial charge in [0, 0.05) is 60.9 Å². The van der Waals surface area contributed by atoms with Crippen LogP contribution in [0.25, 0.3) is 11.1 Å².